The fourth-order valence-corrected chi connectivity index (χ4v) is 9.09. The molecule has 1 nitrogen and oxygen atoms in total. The van der Waals surface area contributed by atoms with E-state index in [1.807, 2.05) is 0 Å². The molecule has 0 unspecified atom stereocenters. The van der Waals surface area contributed by atoms with Crippen molar-refractivity contribution in [3.8, 4) is 0 Å². The van der Waals surface area contributed by atoms with Crippen molar-refractivity contribution >= 4 is 8.32 Å². The quantitative estimate of drug-likeness (QED) is 0.111. The Kier molecular flexibility index (Phi) is 11.3. The minimum atomic E-state index is -2.30. The minimum absolute atomic E-state index is 0.269. The first-order chi connectivity index (χ1) is 17.1. The van der Waals surface area contributed by atoms with Gasteiger partial charge in [-0.25, -0.2) is 0 Å². The predicted octanol–water partition coefficient (Wildman–Crippen LogP) is 9.70. The van der Waals surface area contributed by atoms with Crippen LogP contribution in [0.5, 0.6) is 0 Å². The molecule has 0 aromatic heterocycles. The molecule has 0 N–H and O–H groups in total. The summed E-state index contributed by atoms with van der Waals surface area (Å²) in [6, 6.07) is 33.1. The van der Waals surface area contributed by atoms with Crippen LogP contribution in [0.15, 0.2) is 91.0 Å². The number of unbranched alkanes of at least 4 members (excludes halogenated alkanes) is 9. The van der Waals surface area contributed by atoms with Crippen molar-refractivity contribution in [3.05, 3.63) is 108 Å². The van der Waals surface area contributed by atoms with Gasteiger partial charge in [-0.15, -0.1) is 0 Å². The highest BCUT2D eigenvalue weighted by Crippen LogP contribution is 2.46. The molecular formula is C33H46OSi. The molecule has 0 aliphatic rings. The minimum Gasteiger partial charge on any atom is -0.416 e. The van der Waals surface area contributed by atoms with Crippen LogP contribution in [-0.2, 0) is 9.46 Å². The molecule has 3 rings (SSSR count). The molecule has 0 aliphatic carbocycles. The molecule has 0 atom stereocenters. The Balaban J connectivity index is 1.72. The molecule has 0 amide bonds. The normalized spacial score (nSPS) is 12.1. The molecule has 0 aliphatic heterocycles. The zero-order valence-corrected chi connectivity index (χ0v) is 23.3. The van der Waals surface area contributed by atoms with Gasteiger partial charge in [0.1, 0.15) is 0 Å². The van der Waals surface area contributed by atoms with Crippen LogP contribution in [0.3, 0.4) is 0 Å². The first-order valence-corrected chi connectivity index (χ1v) is 16.8. The molecular weight excluding hydrogens is 440 g/mol. The van der Waals surface area contributed by atoms with Crippen LogP contribution >= 0.6 is 0 Å². The highest BCUT2D eigenvalue weighted by Gasteiger charge is 2.52. The Labute approximate surface area is 216 Å². The lowest BCUT2D eigenvalue weighted by Crippen LogP contribution is -2.55. The van der Waals surface area contributed by atoms with E-state index in [1.54, 1.807) is 0 Å². The zero-order valence-electron chi connectivity index (χ0n) is 22.3. The van der Waals surface area contributed by atoms with Crippen LogP contribution in [0.25, 0.3) is 0 Å². The van der Waals surface area contributed by atoms with Crippen LogP contribution in [0.2, 0.25) is 13.1 Å². The first-order valence-electron chi connectivity index (χ1n) is 13.9. The standard InChI is InChI=1S/C33H46OSi/c1-4-5-6-7-8-9-10-11-12-22-29-34-35(2,3)33(30-23-16-13-17-24-30,31-25-18-14-19-26-31)32-27-20-15-21-28-32/h13-21,23-28H,4-12,22,29H2,1-3H3. The van der Waals surface area contributed by atoms with Gasteiger partial charge in [0.05, 0.1) is 5.04 Å². The van der Waals surface area contributed by atoms with E-state index < -0.39 is 8.32 Å². The third-order valence-electron chi connectivity index (χ3n) is 7.48. The molecule has 2 heteroatoms. The molecule has 0 saturated carbocycles. The number of hydrogen-bond acceptors (Lipinski definition) is 1. The van der Waals surface area contributed by atoms with E-state index in [4.69, 9.17) is 4.43 Å². The van der Waals surface area contributed by atoms with Gasteiger partial charge in [0.2, 0.25) is 8.32 Å². The summed E-state index contributed by atoms with van der Waals surface area (Å²) in [5.41, 5.74) is 3.99. The Morgan fingerprint density at radius 3 is 1.23 bits per heavy atom. The van der Waals surface area contributed by atoms with E-state index in [2.05, 4.69) is 111 Å². The van der Waals surface area contributed by atoms with E-state index >= 15 is 0 Å². The van der Waals surface area contributed by atoms with Gasteiger partial charge in [-0.05, 0) is 36.2 Å². The Morgan fingerprint density at radius 1 is 0.514 bits per heavy atom. The summed E-state index contributed by atoms with van der Waals surface area (Å²) in [5, 5.41) is -0.269. The Hall–Kier alpha value is -2.16. The largest absolute Gasteiger partial charge is 0.416 e. The van der Waals surface area contributed by atoms with Crippen molar-refractivity contribution in [2.45, 2.75) is 89.3 Å². The topological polar surface area (TPSA) is 9.23 Å². The van der Waals surface area contributed by atoms with Crippen molar-refractivity contribution in [3.63, 3.8) is 0 Å². The monoisotopic (exact) mass is 486 g/mol. The van der Waals surface area contributed by atoms with Gasteiger partial charge in [0, 0.05) is 6.61 Å². The van der Waals surface area contributed by atoms with E-state index in [9.17, 15) is 0 Å². The average molecular weight is 487 g/mol. The average Bonchev–Trinajstić information content (AvgIpc) is 2.89. The molecule has 0 fully saturated rings. The van der Waals surface area contributed by atoms with E-state index in [1.165, 1.54) is 74.5 Å². The predicted molar refractivity (Wildman–Crippen MR) is 154 cm³/mol. The fraction of sp³-hybridized carbons (Fsp3) is 0.455. The van der Waals surface area contributed by atoms with Crippen LogP contribution in [-0.4, -0.2) is 14.9 Å². The highest BCUT2D eigenvalue weighted by atomic mass is 28.4. The maximum Gasteiger partial charge on any atom is 0.205 e. The second-order valence-corrected chi connectivity index (χ2v) is 14.4. The molecule has 35 heavy (non-hydrogen) atoms. The summed E-state index contributed by atoms with van der Waals surface area (Å²) in [4.78, 5) is 0. The number of hydrogen-bond donors (Lipinski definition) is 0. The van der Waals surface area contributed by atoms with Crippen molar-refractivity contribution in [2.24, 2.45) is 0 Å². The van der Waals surface area contributed by atoms with Gasteiger partial charge in [-0.2, -0.15) is 0 Å². The Bertz CT molecular complexity index is 840. The summed E-state index contributed by atoms with van der Waals surface area (Å²) in [6.45, 7) is 7.96. The molecule has 3 aromatic rings. The van der Waals surface area contributed by atoms with Crippen molar-refractivity contribution in [2.75, 3.05) is 6.61 Å². The van der Waals surface area contributed by atoms with E-state index in [-0.39, 0.29) is 5.04 Å². The fourth-order valence-electron chi connectivity index (χ4n) is 5.63. The molecule has 3 aromatic carbocycles. The molecule has 0 heterocycles. The second kappa shape index (κ2) is 14.4. The summed E-state index contributed by atoms with van der Waals surface area (Å²) in [7, 11) is -2.30. The van der Waals surface area contributed by atoms with Gasteiger partial charge in [-0.1, -0.05) is 156 Å². The summed E-state index contributed by atoms with van der Waals surface area (Å²) < 4.78 is 6.97. The highest BCUT2D eigenvalue weighted by molar-refractivity contribution is 6.76. The molecule has 0 spiro atoms. The molecule has 0 saturated heterocycles. The van der Waals surface area contributed by atoms with Crippen LogP contribution in [0.1, 0.15) is 87.8 Å². The van der Waals surface area contributed by atoms with Gasteiger partial charge < -0.3 is 4.43 Å². The summed E-state index contributed by atoms with van der Waals surface area (Å²) in [6.07, 6.45) is 13.5. The molecule has 0 bridgehead atoms. The lowest BCUT2D eigenvalue weighted by atomic mass is 9.84. The van der Waals surface area contributed by atoms with Crippen LogP contribution < -0.4 is 0 Å². The smallest absolute Gasteiger partial charge is 0.205 e. The maximum atomic E-state index is 6.97. The van der Waals surface area contributed by atoms with E-state index in [0.29, 0.717) is 0 Å². The SMILES string of the molecule is CCCCCCCCCCCCO[Si](C)(C)C(c1ccccc1)(c1ccccc1)c1ccccc1. The van der Waals surface area contributed by atoms with Gasteiger partial charge in [0.15, 0.2) is 0 Å². The lowest BCUT2D eigenvalue weighted by molar-refractivity contribution is 0.282. The maximum absolute atomic E-state index is 6.97. The first kappa shape index (κ1) is 27.4. The summed E-state index contributed by atoms with van der Waals surface area (Å²) >= 11 is 0. The zero-order chi connectivity index (χ0) is 24.8. The van der Waals surface area contributed by atoms with Crippen molar-refractivity contribution in [1.29, 1.82) is 0 Å². The molecule has 0 radical (unpaired) electrons. The molecule has 188 valence electrons. The van der Waals surface area contributed by atoms with Crippen molar-refractivity contribution < 1.29 is 4.43 Å². The van der Waals surface area contributed by atoms with Gasteiger partial charge in [0.25, 0.3) is 0 Å². The lowest BCUT2D eigenvalue weighted by Gasteiger charge is -2.46. The third kappa shape index (κ3) is 7.18. The van der Waals surface area contributed by atoms with Gasteiger partial charge >= 0.3 is 0 Å². The summed E-state index contributed by atoms with van der Waals surface area (Å²) in [5.74, 6) is 0. The van der Waals surface area contributed by atoms with Crippen LogP contribution in [0.4, 0.5) is 0 Å². The van der Waals surface area contributed by atoms with E-state index in [0.717, 1.165) is 13.0 Å². The van der Waals surface area contributed by atoms with Gasteiger partial charge in [-0.3, -0.25) is 0 Å². The number of rotatable bonds is 16. The van der Waals surface area contributed by atoms with Crippen molar-refractivity contribution in [1.82, 2.24) is 0 Å². The third-order valence-corrected chi connectivity index (χ3v) is 11.1. The second-order valence-electron chi connectivity index (χ2n) is 10.4. The number of benzene rings is 3. The van der Waals surface area contributed by atoms with Crippen LogP contribution in [0, 0.1) is 0 Å². The Morgan fingerprint density at radius 2 is 0.857 bits per heavy atom.